The smallest absolute Gasteiger partial charge is 0.164 e. The number of aliphatic hydroxyl groups is 1. The first-order chi connectivity index (χ1) is 13.0. The van der Waals surface area contributed by atoms with E-state index in [1.54, 1.807) is 12.1 Å². The lowest BCUT2D eigenvalue weighted by Crippen LogP contribution is -2.26. The van der Waals surface area contributed by atoms with Crippen LogP contribution in [0.4, 0.5) is 8.78 Å². The Morgan fingerprint density at radius 1 is 0.963 bits per heavy atom. The molecule has 3 rings (SSSR count). The Balaban J connectivity index is 1.60. The van der Waals surface area contributed by atoms with Crippen LogP contribution in [-0.2, 0) is 0 Å². The Morgan fingerprint density at radius 3 is 2.11 bits per heavy atom. The molecule has 0 spiro atoms. The highest BCUT2D eigenvalue weighted by Gasteiger charge is 2.32. The van der Waals surface area contributed by atoms with Crippen molar-refractivity contribution < 1.29 is 13.9 Å². The van der Waals surface area contributed by atoms with Gasteiger partial charge in [-0.1, -0.05) is 25.5 Å². The fourth-order valence-corrected chi connectivity index (χ4v) is 5.61. The zero-order valence-electron chi connectivity index (χ0n) is 16.4. The average molecular weight is 399 g/mol. The molecule has 2 aliphatic carbocycles. The normalized spacial score (nSPS) is 30.3. The first-order valence-corrected chi connectivity index (χ1v) is 11.3. The molecule has 0 aliphatic heterocycles. The summed E-state index contributed by atoms with van der Waals surface area (Å²) >= 11 is 5.99. The first-order valence-electron chi connectivity index (χ1n) is 10.8. The standard InChI is InChI=1S/C23H33ClF2O/c1-2-3-21(27)20-13-12-19(22(25)23(20)26)18-10-8-17(9-11-18)16-6-4-15(14-24)5-7-16/h12-13,15-18,21,27H,2-11,14H2,1H3. The van der Waals surface area contributed by atoms with E-state index in [-0.39, 0.29) is 11.5 Å². The van der Waals surface area contributed by atoms with E-state index in [4.69, 9.17) is 11.6 Å². The van der Waals surface area contributed by atoms with Crippen LogP contribution < -0.4 is 0 Å². The Kier molecular flexibility index (Phi) is 7.56. The molecule has 1 unspecified atom stereocenters. The van der Waals surface area contributed by atoms with Gasteiger partial charge in [0.2, 0.25) is 0 Å². The van der Waals surface area contributed by atoms with Crippen LogP contribution in [-0.4, -0.2) is 11.0 Å². The summed E-state index contributed by atoms with van der Waals surface area (Å²) in [7, 11) is 0. The van der Waals surface area contributed by atoms with E-state index in [1.807, 2.05) is 6.92 Å². The Morgan fingerprint density at radius 2 is 1.56 bits per heavy atom. The molecule has 27 heavy (non-hydrogen) atoms. The van der Waals surface area contributed by atoms with Gasteiger partial charge in [0.05, 0.1) is 6.10 Å². The van der Waals surface area contributed by atoms with Crippen LogP contribution in [0.3, 0.4) is 0 Å². The van der Waals surface area contributed by atoms with Crippen LogP contribution in [0.5, 0.6) is 0 Å². The van der Waals surface area contributed by atoms with Crippen molar-refractivity contribution in [2.75, 3.05) is 5.88 Å². The number of rotatable bonds is 6. The maximum atomic E-state index is 14.7. The van der Waals surface area contributed by atoms with Crippen molar-refractivity contribution in [3.05, 3.63) is 34.9 Å². The number of hydrogen-bond acceptors (Lipinski definition) is 1. The predicted octanol–water partition coefficient (Wildman–Crippen LogP) is 7.12. The third-order valence-corrected chi connectivity index (χ3v) is 7.49. The number of benzene rings is 1. The van der Waals surface area contributed by atoms with Crippen LogP contribution in [0.15, 0.2) is 12.1 Å². The molecule has 0 heterocycles. The summed E-state index contributed by atoms with van der Waals surface area (Å²) in [4.78, 5) is 0. The van der Waals surface area contributed by atoms with Gasteiger partial charge in [-0.15, -0.1) is 11.6 Å². The summed E-state index contributed by atoms with van der Waals surface area (Å²) in [5, 5.41) is 10.0. The van der Waals surface area contributed by atoms with E-state index in [1.165, 1.54) is 25.7 Å². The van der Waals surface area contributed by atoms with Crippen molar-refractivity contribution in [3.8, 4) is 0 Å². The minimum Gasteiger partial charge on any atom is -0.388 e. The highest BCUT2D eigenvalue weighted by molar-refractivity contribution is 6.18. The fraction of sp³-hybridized carbons (Fsp3) is 0.739. The van der Waals surface area contributed by atoms with Crippen LogP contribution >= 0.6 is 11.6 Å². The molecular formula is C23H33ClF2O. The maximum absolute atomic E-state index is 14.7. The topological polar surface area (TPSA) is 20.2 Å². The van der Waals surface area contributed by atoms with E-state index in [0.717, 1.165) is 49.8 Å². The van der Waals surface area contributed by atoms with Crippen molar-refractivity contribution in [2.24, 2.45) is 17.8 Å². The van der Waals surface area contributed by atoms with Gasteiger partial charge in [0.15, 0.2) is 11.6 Å². The SMILES string of the molecule is CCCC(O)c1ccc(C2CCC(C3CCC(CCl)CC3)CC2)c(F)c1F. The summed E-state index contributed by atoms with van der Waals surface area (Å²) in [5.41, 5.74) is 0.604. The molecule has 2 saturated carbocycles. The second kappa shape index (κ2) is 9.69. The molecule has 0 amide bonds. The minimum absolute atomic E-state index is 0.0998. The highest BCUT2D eigenvalue weighted by Crippen LogP contribution is 2.44. The van der Waals surface area contributed by atoms with Crippen LogP contribution in [0.2, 0.25) is 0 Å². The van der Waals surface area contributed by atoms with Gasteiger partial charge in [-0.2, -0.15) is 0 Å². The predicted molar refractivity (Wildman–Crippen MR) is 107 cm³/mol. The molecule has 1 aromatic rings. The third-order valence-electron chi connectivity index (χ3n) is 7.05. The van der Waals surface area contributed by atoms with Crippen molar-refractivity contribution in [3.63, 3.8) is 0 Å². The van der Waals surface area contributed by atoms with E-state index in [9.17, 15) is 13.9 Å². The van der Waals surface area contributed by atoms with Crippen molar-refractivity contribution >= 4 is 11.6 Å². The molecule has 1 nitrogen and oxygen atoms in total. The van der Waals surface area contributed by atoms with Gasteiger partial charge >= 0.3 is 0 Å². The average Bonchev–Trinajstić information content (AvgIpc) is 2.70. The molecule has 2 aliphatic rings. The second-order valence-corrected chi connectivity index (χ2v) is 9.03. The van der Waals surface area contributed by atoms with E-state index in [2.05, 4.69) is 0 Å². The quantitative estimate of drug-likeness (QED) is 0.506. The number of hydrogen-bond donors (Lipinski definition) is 1. The molecular weight excluding hydrogens is 366 g/mol. The van der Waals surface area contributed by atoms with Crippen molar-refractivity contribution in [1.29, 1.82) is 0 Å². The van der Waals surface area contributed by atoms with E-state index >= 15 is 0 Å². The first kappa shape index (κ1) is 21.0. The lowest BCUT2D eigenvalue weighted by atomic mass is 9.68. The molecule has 0 aromatic heterocycles. The summed E-state index contributed by atoms with van der Waals surface area (Å²) in [6, 6.07) is 3.30. The molecule has 2 fully saturated rings. The van der Waals surface area contributed by atoms with Gasteiger partial charge < -0.3 is 5.11 Å². The van der Waals surface area contributed by atoms with Crippen LogP contribution in [0.25, 0.3) is 0 Å². The minimum atomic E-state index is -0.919. The van der Waals surface area contributed by atoms with Gasteiger partial charge in [0.25, 0.3) is 0 Å². The Labute approximate surface area is 167 Å². The Hall–Kier alpha value is -0.670. The molecule has 0 bridgehead atoms. The zero-order valence-corrected chi connectivity index (χ0v) is 17.2. The van der Waals surface area contributed by atoms with Gasteiger partial charge in [-0.3, -0.25) is 0 Å². The van der Waals surface area contributed by atoms with Gasteiger partial charge in [0, 0.05) is 11.4 Å². The molecule has 0 radical (unpaired) electrons. The summed E-state index contributed by atoms with van der Waals surface area (Å²) < 4.78 is 29.2. The monoisotopic (exact) mass is 398 g/mol. The van der Waals surface area contributed by atoms with Crippen molar-refractivity contribution in [1.82, 2.24) is 0 Å². The molecule has 0 saturated heterocycles. The van der Waals surface area contributed by atoms with E-state index in [0.29, 0.717) is 17.9 Å². The Bertz CT molecular complexity index is 605. The van der Waals surface area contributed by atoms with E-state index < -0.39 is 17.7 Å². The molecule has 4 heteroatoms. The summed E-state index contributed by atoms with van der Waals surface area (Å²) in [6.07, 6.45) is 9.42. The maximum Gasteiger partial charge on any atom is 0.164 e. The summed E-state index contributed by atoms with van der Waals surface area (Å²) in [5.74, 6) is 1.51. The lowest BCUT2D eigenvalue weighted by Gasteiger charge is -2.37. The number of halogens is 3. The largest absolute Gasteiger partial charge is 0.388 e. The highest BCUT2D eigenvalue weighted by atomic mass is 35.5. The van der Waals surface area contributed by atoms with Gasteiger partial charge in [-0.25, -0.2) is 8.78 Å². The van der Waals surface area contributed by atoms with Gasteiger partial charge in [0.1, 0.15) is 0 Å². The third kappa shape index (κ3) is 4.85. The van der Waals surface area contributed by atoms with Crippen LogP contribution in [0, 0.1) is 29.4 Å². The molecule has 1 N–H and O–H groups in total. The number of alkyl halides is 1. The van der Waals surface area contributed by atoms with Gasteiger partial charge in [-0.05, 0) is 87.0 Å². The fourth-order valence-electron chi connectivity index (χ4n) is 5.30. The molecule has 152 valence electrons. The summed E-state index contributed by atoms with van der Waals surface area (Å²) in [6.45, 7) is 1.92. The van der Waals surface area contributed by atoms with Crippen LogP contribution in [0.1, 0.15) is 94.3 Å². The zero-order chi connectivity index (χ0) is 19.4. The molecule has 1 aromatic carbocycles. The van der Waals surface area contributed by atoms with Crippen molar-refractivity contribution in [2.45, 2.75) is 83.2 Å². The number of aliphatic hydroxyl groups excluding tert-OH is 1. The molecule has 1 atom stereocenters. The lowest BCUT2D eigenvalue weighted by molar-refractivity contribution is 0.159. The second-order valence-electron chi connectivity index (χ2n) is 8.72.